The molecule has 1 aromatic carbocycles. The summed E-state index contributed by atoms with van der Waals surface area (Å²) >= 11 is 6.29. The van der Waals surface area contributed by atoms with E-state index in [4.69, 9.17) is 20.4 Å². The van der Waals surface area contributed by atoms with Crippen LogP contribution in [-0.4, -0.2) is 4.98 Å². The van der Waals surface area contributed by atoms with Gasteiger partial charge >= 0.3 is 5.76 Å². The summed E-state index contributed by atoms with van der Waals surface area (Å²) < 4.78 is 9.97. The summed E-state index contributed by atoms with van der Waals surface area (Å²) in [6.45, 7) is 0. The van der Waals surface area contributed by atoms with Gasteiger partial charge in [-0.3, -0.25) is 4.98 Å². The third-order valence-corrected chi connectivity index (χ3v) is 3.08. The fraction of sp³-hybridized carbons (Fsp3) is 0.0833. The van der Waals surface area contributed by atoms with Crippen molar-refractivity contribution in [3.8, 4) is 0 Å². The van der Waals surface area contributed by atoms with Gasteiger partial charge in [-0.2, -0.15) is 0 Å². The second-order valence-electron chi connectivity index (χ2n) is 3.69. The van der Waals surface area contributed by atoms with Gasteiger partial charge in [0.1, 0.15) is 0 Å². The number of aromatic amines is 1. The van der Waals surface area contributed by atoms with Crippen LogP contribution in [0.3, 0.4) is 0 Å². The van der Waals surface area contributed by atoms with Crippen LogP contribution in [0.4, 0.5) is 0 Å². The standard InChI is InChI=1S/C12H8ClNO3/c13-11(8-3-4-16-6-8)7-1-2-9-10(5-7)17-12(15)14-9/h1-6,11H,(H,14,15). The second kappa shape index (κ2) is 3.82. The third kappa shape index (κ3) is 1.76. The molecule has 0 aliphatic rings. The molecular formula is C12H8ClNO3. The molecule has 1 unspecified atom stereocenters. The van der Waals surface area contributed by atoms with Gasteiger partial charge in [-0.05, 0) is 23.8 Å². The van der Waals surface area contributed by atoms with Gasteiger partial charge in [-0.1, -0.05) is 6.07 Å². The topological polar surface area (TPSA) is 59.1 Å². The van der Waals surface area contributed by atoms with Crippen molar-refractivity contribution in [2.45, 2.75) is 5.38 Å². The molecular weight excluding hydrogens is 242 g/mol. The summed E-state index contributed by atoms with van der Waals surface area (Å²) in [5, 5.41) is -0.321. The molecule has 0 aliphatic carbocycles. The molecule has 2 heterocycles. The van der Waals surface area contributed by atoms with Crippen molar-refractivity contribution in [3.05, 3.63) is 58.5 Å². The Kier molecular flexibility index (Phi) is 2.30. The molecule has 0 saturated heterocycles. The van der Waals surface area contributed by atoms with Crippen molar-refractivity contribution in [1.29, 1.82) is 0 Å². The van der Waals surface area contributed by atoms with Crippen molar-refractivity contribution in [1.82, 2.24) is 4.98 Å². The molecule has 3 aromatic rings. The van der Waals surface area contributed by atoms with Crippen LogP contribution in [-0.2, 0) is 0 Å². The first-order valence-corrected chi connectivity index (χ1v) is 5.46. The molecule has 17 heavy (non-hydrogen) atoms. The first kappa shape index (κ1) is 10.2. The molecule has 0 fully saturated rings. The summed E-state index contributed by atoms with van der Waals surface area (Å²) in [5.74, 6) is -0.466. The number of fused-ring (bicyclic) bond motifs is 1. The lowest BCUT2D eigenvalue weighted by atomic mass is 10.1. The van der Waals surface area contributed by atoms with E-state index in [0.717, 1.165) is 11.1 Å². The van der Waals surface area contributed by atoms with E-state index in [0.29, 0.717) is 11.1 Å². The minimum atomic E-state index is -0.466. The molecule has 0 radical (unpaired) electrons. The van der Waals surface area contributed by atoms with Crippen molar-refractivity contribution in [3.63, 3.8) is 0 Å². The minimum absolute atomic E-state index is 0.321. The number of hydrogen-bond donors (Lipinski definition) is 1. The predicted molar refractivity (Wildman–Crippen MR) is 63.2 cm³/mol. The number of nitrogens with one attached hydrogen (secondary N) is 1. The molecule has 3 rings (SSSR count). The SMILES string of the molecule is O=c1[nH]c2ccc(C(Cl)c3ccoc3)cc2o1. The number of alkyl halides is 1. The van der Waals surface area contributed by atoms with Gasteiger partial charge < -0.3 is 8.83 Å². The molecule has 2 aromatic heterocycles. The number of furan rings is 1. The Bertz CT molecular complexity index is 696. The Morgan fingerprint density at radius 1 is 1.24 bits per heavy atom. The highest BCUT2D eigenvalue weighted by atomic mass is 35.5. The quantitative estimate of drug-likeness (QED) is 0.710. The van der Waals surface area contributed by atoms with E-state index in [1.54, 1.807) is 30.7 Å². The lowest BCUT2D eigenvalue weighted by Crippen LogP contribution is -1.92. The Hall–Kier alpha value is -1.94. The fourth-order valence-corrected chi connectivity index (χ4v) is 1.99. The van der Waals surface area contributed by atoms with Crippen LogP contribution < -0.4 is 5.76 Å². The lowest BCUT2D eigenvalue weighted by molar-refractivity contribution is 0.555. The van der Waals surface area contributed by atoms with E-state index in [1.165, 1.54) is 0 Å². The molecule has 1 N–H and O–H groups in total. The van der Waals surface area contributed by atoms with Crippen molar-refractivity contribution in [2.75, 3.05) is 0 Å². The molecule has 0 saturated carbocycles. The third-order valence-electron chi connectivity index (χ3n) is 2.57. The molecule has 0 spiro atoms. The summed E-state index contributed by atoms with van der Waals surface area (Å²) in [6.07, 6.45) is 3.16. The normalized spacial score (nSPS) is 13.0. The largest absolute Gasteiger partial charge is 0.472 e. The fourth-order valence-electron chi connectivity index (χ4n) is 1.73. The van der Waals surface area contributed by atoms with E-state index in [1.807, 2.05) is 6.07 Å². The van der Waals surface area contributed by atoms with E-state index in [-0.39, 0.29) is 5.38 Å². The van der Waals surface area contributed by atoms with E-state index in [9.17, 15) is 4.79 Å². The smallest absolute Gasteiger partial charge is 0.417 e. The molecule has 0 aliphatic heterocycles. The summed E-state index contributed by atoms with van der Waals surface area (Å²) in [6, 6.07) is 7.16. The van der Waals surface area contributed by atoms with Gasteiger partial charge in [-0.15, -0.1) is 11.6 Å². The average Bonchev–Trinajstić information content (AvgIpc) is 2.94. The highest BCUT2D eigenvalue weighted by Crippen LogP contribution is 2.30. The highest BCUT2D eigenvalue weighted by molar-refractivity contribution is 6.22. The lowest BCUT2D eigenvalue weighted by Gasteiger charge is -2.06. The molecule has 1 atom stereocenters. The van der Waals surface area contributed by atoms with E-state index in [2.05, 4.69) is 4.98 Å². The second-order valence-corrected chi connectivity index (χ2v) is 4.13. The van der Waals surface area contributed by atoms with Crippen LogP contribution in [0.25, 0.3) is 11.1 Å². The zero-order chi connectivity index (χ0) is 11.8. The van der Waals surface area contributed by atoms with E-state index < -0.39 is 5.76 Å². The number of oxazole rings is 1. The number of hydrogen-bond acceptors (Lipinski definition) is 3. The summed E-state index contributed by atoms with van der Waals surface area (Å²) in [4.78, 5) is 13.6. The maximum Gasteiger partial charge on any atom is 0.417 e. The van der Waals surface area contributed by atoms with Crippen LogP contribution in [0.5, 0.6) is 0 Å². The highest BCUT2D eigenvalue weighted by Gasteiger charge is 2.13. The Labute approximate surface area is 101 Å². The molecule has 0 bridgehead atoms. The average molecular weight is 250 g/mol. The van der Waals surface area contributed by atoms with Crippen LogP contribution in [0.15, 0.2) is 50.4 Å². The zero-order valence-electron chi connectivity index (χ0n) is 8.64. The van der Waals surface area contributed by atoms with Crippen molar-refractivity contribution in [2.24, 2.45) is 0 Å². The minimum Gasteiger partial charge on any atom is -0.472 e. The molecule has 86 valence electrons. The Morgan fingerprint density at radius 2 is 2.12 bits per heavy atom. The molecule has 4 nitrogen and oxygen atoms in total. The first-order valence-electron chi connectivity index (χ1n) is 5.03. The van der Waals surface area contributed by atoms with Gasteiger partial charge in [0.25, 0.3) is 0 Å². The molecule has 5 heteroatoms. The van der Waals surface area contributed by atoms with Gasteiger partial charge in [0, 0.05) is 5.56 Å². The maximum absolute atomic E-state index is 11.0. The summed E-state index contributed by atoms with van der Waals surface area (Å²) in [7, 11) is 0. The monoisotopic (exact) mass is 249 g/mol. The van der Waals surface area contributed by atoms with Crippen LogP contribution >= 0.6 is 11.6 Å². The summed E-state index contributed by atoms with van der Waals surface area (Å²) in [5.41, 5.74) is 2.88. The number of H-pyrrole nitrogens is 1. The number of benzene rings is 1. The van der Waals surface area contributed by atoms with Gasteiger partial charge in [0.15, 0.2) is 5.58 Å². The number of halogens is 1. The van der Waals surface area contributed by atoms with Crippen molar-refractivity contribution < 1.29 is 8.83 Å². The number of aromatic nitrogens is 1. The maximum atomic E-state index is 11.0. The Morgan fingerprint density at radius 3 is 2.88 bits per heavy atom. The van der Waals surface area contributed by atoms with Gasteiger partial charge in [0.2, 0.25) is 0 Å². The molecule has 0 amide bonds. The van der Waals surface area contributed by atoms with Gasteiger partial charge in [-0.25, -0.2) is 4.79 Å². The zero-order valence-corrected chi connectivity index (χ0v) is 9.40. The van der Waals surface area contributed by atoms with Crippen molar-refractivity contribution >= 4 is 22.7 Å². The van der Waals surface area contributed by atoms with E-state index >= 15 is 0 Å². The first-order chi connectivity index (χ1) is 8.24. The Balaban J connectivity index is 2.08. The van der Waals surface area contributed by atoms with Gasteiger partial charge in [0.05, 0.1) is 23.4 Å². The number of rotatable bonds is 2. The van der Waals surface area contributed by atoms with Crippen LogP contribution in [0.1, 0.15) is 16.5 Å². The van der Waals surface area contributed by atoms with Crippen LogP contribution in [0.2, 0.25) is 0 Å². The predicted octanol–water partition coefficient (Wildman–Crippen LogP) is 3.04. The van der Waals surface area contributed by atoms with Crippen LogP contribution in [0, 0.1) is 0 Å².